The number of hydrogen-bond acceptors (Lipinski definition) is 6. The molecule has 0 saturated carbocycles. The summed E-state index contributed by atoms with van der Waals surface area (Å²) in [6.45, 7) is 6.34. The van der Waals surface area contributed by atoms with E-state index in [0.717, 1.165) is 16.9 Å². The van der Waals surface area contributed by atoms with Crippen molar-refractivity contribution < 1.29 is 28.5 Å². The first-order valence-electron chi connectivity index (χ1n) is 8.90. The molecule has 0 aliphatic rings. The van der Waals surface area contributed by atoms with E-state index in [1.54, 1.807) is 21.1 Å². The molecule has 0 saturated heterocycles. The number of benzene rings is 2. The SMILES string of the molecule is C=C(C)C(=O)OCCOc1cc(-c2ccc(OC)cc2)ccc1OCCOC. The minimum Gasteiger partial charge on any atom is -0.497 e. The Hall–Kier alpha value is -2.99. The predicted octanol–water partition coefficient (Wildman–Crippen LogP) is 3.89. The fourth-order valence-electron chi connectivity index (χ4n) is 2.35. The lowest BCUT2D eigenvalue weighted by Crippen LogP contribution is -2.13. The van der Waals surface area contributed by atoms with Gasteiger partial charge in [0, 0.05) is 12.7 Å². The molecule has 28 heavy (non-hydrogen) atoms. The van der Waals surface area contributed by atoms with Crippen molar-refractivity contribution in [2.45, 2.75) is 6.92 Å². The van der Waals surface area contributed by atoms with Crippen molar-refractivity contribution in [1.29, 1.82) is 0 Å². The maximum absolute atomic E-state index is 11.5. The Morgan fingerprint density at radius 2 is 1.50 bits per heavy atom. The van der Waals surface area contributed by atoms with Crippen LogP contribution < -0.4 is 14.2 Å². The molecule has 2 aromatic rings. The van der Waals surface area contributed by atoms with E-state index in [1.165, 1.54) is 0 Å². The first-order valence-corrected chi connectivity index (χ1v) is 8.90. The van der Waals surface area contributed by atoms with E-state index in [1.807, 2.05) is 42.5 Å². The van der Waals surface area contributed by atoms with Gasteiger partial charge in [-0.3, -0.25) is 0 Å². The molecular weight excluding hydrogens is 360 g/mol. The normalized spacial score (nSPS) is 10.2. The van der Waals surface area contributed by atoms with Gasteiger partial charge in [-0.1, -0.05) is 24.8 Å². The molecule has 0 radical (unpaired) electrons. The Balaban J connectivity index is 2.12. The Morgan fingerprint density at radius 1 is 0.857 bits per heavy atom. The average Bonchev–Trinajstić information content (AvgIpc) is 2.72. The minimum absolute atomic E-state index is 0.121. The largest absolute Gasteiger partial charge is 0.497 e. The number of hydrogen-bond donors (Lipinski definition) is 0. The van der Waals surface area contributed by atoms with Gasteiger partial charge < -0.3 is 23.7 Å². The van der Waals surface area contributed by atoms with Gasteiger partial charge in [0.25, 0.3) is 0 Å². The van der Waals surface area contributed by atoms with Gasteiger partial charge in [0.2, 0.25) is 0 Å². The van der Waals surface area contributed by atoms with Crippen molar-refractivity contribution in [3.05, 3.63) is 54.6 Å². The van der Waals surface area contributed by atoms with Crippen molar-refractivity contribution in [2.24, 2.45) is 0 Å². The summed E-state index contributed by atoms with van der Waals surface area (Å²) in [5, 5.41) is 0. The lowest BCUT2D eigenvalue weighted by Gasteiger charge is -2.14. The second-order valence-corrected chi connectivity index (χ2v) is 6.00. The molecule has 2 rings (SSSR count). The van der Waals surface area contributed by atoms with Gasteiger partial charge in [0.05, 0.1) is 13.7 Å². The molecule has 150 valence electrons. The van der Waals surface area contributed by atoms with Crippen LogP contribution in [0.5, 0.6) is 17.2 Å². The molecule has 0 bridgehead atoms. The van der Waals surface area contributed by atoms with Crippen LogP contribution in [0.25, 0.3) is 11.1 Å². The van der Waals surface area contributed by atoms with E-state index < -0.39 is 5.97 Å². The fourth-order valence-corrected chi connectivity index (χ4v) is 2.35. The van der Waals surface area contributed by atoms with Crippen molar-refractivity contribution in [1.82, 2.24) is 0 Å². The fraction of sp³-hybridized carbons (Fsp3) is 0.318. The first-order chi connectivity index (χ1) is 13.5. The van der Waals surface area contributed by atoms with E-state index >= 15 is 0 Å². The molecule has 2 aromatic carbocycles. The number of carbonyl (C=O) groups excluding carboxylic acids is 1. The third-order valence-electron chi connectivity index (χ3n) is 3.83. The lowest BCUT2D eigenvalue weighted by atomic mass is 10.1. The molecule has 0 N–H and O–H groups in total. The summed E-state index contributed by atoms with van der Waals surface area (Å²) >= 11 is 0. The number of esters is 1. The second kappa shape index (κ2) is 11.0. The Labute approximate surface area is 165 Å². The first kappa shape index (κ1) is 21.3. The van der Waals surface area contributed by atoms with Gasteiger partial charge in [-0.15, -0.1) is 0 Å². The summed E-state index contributed by atoms with van der Waals surface area (Å²) in [5.74, 6) is 1.52. The quantitative estimate of drug-likeness (QED) is 0.332. The van der Waals surface area contributed by atoms with Gasteiger partial charge in [-0.2, -0.15) is 0 Å². The van der Waals surface area contributed by atoms with Crippen LogP contribution in [0.3, 0.4) is 0 Å². The molecule has 0 unspecified atom stereocenters. The van der Waals surface area contributed by atoms with Crippen LogP contribution in [0.2, 0.25) is 0 Å². The summed E-state index contributed by atoms with van der Waals surface area (Å²) in [6, 6.07) is 13.4. The third-order valence-corrected chi connectivity index (χ3v) is 3.83. The summed E-state index contributed by atoms with van der Waals surface area (Å²) in [5.41, 5.74) is 2.34. The van der Waals surface area contributed by atoms with Crippen LogP contribution in [-0.4, -0.2) is 46.6 Å². The predicted molar refractivity (Wildman–Crippen MR) is 107 cm³/mol. The van der Waals surface area contributed by atoms with Crippen molar-refractivity contribution in [2.75, 3.05) is 40.6 Å². The van der Waals surface area contributed by atoms with Gasteiger partial charge in [-0.25, -0.2) is 4.79 Å². The maximum Gasteiger partial charge on any atom is 0.333 e. The Morgan fingerprint density at radius 3 is 2.14 bits per heavy atom. The van der Waals surface area contributed by atoms with Crippen LogP contribution in [0.1, 0.15) is 6.92 Å². The molecule has 0 aromatic heterocycles. The summed E-state index contributed by atoms with van der Waals surface area (Å²) in [6.07, 6.45) is 0. The smallest absolute Gasteiger partial charge is 0.333 e. The van der Waals surface area contributed by atoms with Crippen molar-refractivity contribution in [3.8, 4) is 28.4 Å². The highest BCUT2D eigenvalue weighted by atomic mass is 16.6. The molecule has 0 amide bonds. The standard InChI is InChI=1S/C22H26O6/c1-16(2)22(23)28-14-13-27-21-15-18(7-10-20(21)26-12-11-24-3)17-5-8-19(25-4)9-6-17/h5-10,15H,1,11-14H2,2-4H3. The zero-order chi connectivity index (χ0) is 20.4. The molecule has 0 aliphatic heterocycles. The van der Waals surface area contributed by atoms with E-state index in [9.17, 15) is 4.79 Å². The van der Waals surface area contributed by atoms with Crippen LogP contribution in [0.4, 0.5) is 0 Å². The number of methoxy groups -OCH3 is 2. The average molecular weight is 386 g/mol. The second-order valence-electron chi connectivity index (χ2n) is 6.00. The number of carbonyl (C=O) groups is 1. The zero-order valence-electron chi connectivity index (χ0n) is 16.5. The summed E-state index contributed by atoms with van der Waals surface area (Å²) < 4.78 is 26.8. The molecule has 0 fully saturated rings. The third kappa shape index (κ3) is 6.32. The Kier molecular flexibility index (Phi) is 8.37. The van der Waals surface area contributed by atoms with E-state index in [4.69, 9.17) is 23.7 Å². The highest BCUT2D eigenvalue weighted by Gasteiger charge is 2.10. The highest BCUT2D eigenvalue weighted by Crippen LogP contribution is 2.33. The van der Waals surface area contributed by atoms with Crippen molar-refractivity contribution >= 4 is 5.97 Å². The highest BCUT2D eigenvalue weighted by molar-refractivity contribution is 5.86. The van der Waals surface area contributed by atoms with E-state index in [0.29, 0.717) is 30.3 Å². The van der Waals surface area contributed by atoms with Gasteiger partial charge in [-0.05, 0) is 42.3 Å². The summed E-state index contributed by atoms with van der Waals surface area (Å²) in [4.78, 5) is 11.5. The topological polar surface area (TPSA) is 63.2 Å². The Bertz CT molecular complexity index is 782. The molecule has 6 nitrogen and oxygen atoms in total. The molecule has 0 atom stereocenters. The number of ether oxygens (including phenoxy) is 5. The molecule has 0 aliphatic carbocycles. The molecule has 0 heterocycles. The van der Waals surface area contributed by atoms with Gasteiger partial charge >= 0.3 is 5.97 Å². The van der Waals surface area contributed by atoms with Crippen LogP contribution >= 0.6 is 0 Å². The monoisotopic (exact) mass is 386 g/mol. The zero-order valence-corrected chi connectivity index (χ0v) is 16.5. The molecule has 6 heteroatoms. The van der Waals surface area contributed by atoms with E-state index in [2.05, 4.69) is 6.58 Å². The molecular formula is C22H26O6. The van der Waals surface area contributed by atoms with Crippen LogP contribution in [-0.2, 0) is 14.3 Å². The molecule has 0 spiro atoms. The van der Waals surface area contributed by atoms with Crippen molar-refractivity contribution in [3.63, 3.8) is 0 Å². The summed E-state index contributed by atoms with van der Waals surface area (Å²) in [7, 11) is 3.25. The maximum atomic E-state index is 11.5. The lowest BCUT2D eigenvalue weighted by molar-refractivity contribution is -0.139. The van der Waals surface area contributed by atoms with Crippen LogP contribution in [0, 0.1) is 0 Å². The number of rotatable bonds is 11. The minimum atomic E-state index is -0.438. The van der Waals surface area contributed by atoms with Gasteiger partial charge in [0.1, 0.15) is 25.6 Å². The van der Waals surface area contributed by atoms with Crippen LogP contribution in [0.15, 0.2) is 54.6 Å². The van der Waals surface area contributed by atoms with E-state index in [-0.39, 0.29) is 13.2 Å². The van der Waals surface area contributed by atoms with Gasteiger partial charge in [0.15, 0.2) is 11.5 Å².